The number of halogens is 1. The van der Waals surface area contributed by atoms with Gasteiger partial charge < -0.3 is 4.90 Å². The lowest BCUT2D eigenvalue weighted by Gasteiger charge is -2.18. The first-order valence-corrected chi connectivity index (χ1v) is 6.29. The summed E-state index contributed by atoms with van der Waals surface area (Å²) in [6.45, 7) is 3.12. The fraction of sp³-hybridized carbons (Fsp3) is 0.455. The zero-order valence-electron chi connectivity index (χ0n) is 9.44. The zero-order valence-corrected chi connectivity index (χ0v) is 11.6. The molecule has 0 spiro atoms. The molecule has 0 heterocycles. The smallest absolute Gasteiger partial charge is 0.282 e. The van der Waals surface area contributed by atoms with Gasteiger partial charge in [0.15, 0.2) is 0 Å². The molecule has 0 aliphatic heterocycles. The Labute approximate surface area is 109 Å². The Balaban J connectivity index is 2.84. The second-order valence-electron chi connectivity index (χ2n) is 3.67. The maximum absolute atomic E-state index is 10.7. The van der Waals surface area contributed by atoms with Crippen molar-refractivity contribution in [1.29, 1.82) is 0 Å². The number of nitro groups is 1. The number of nitrogens with zero attached hydrogens (tertiary/aromatic N) is 2. The SMILES string of the molecule is CCCCN(C)c1ccc([N+](=O)[O-])c(I)c1. The predicted molar refractivity (Wildman–Crippen MR) is 74.0 cm³/mol. The molecule has 5 heteroatoms. The maximum atomic E-state index is 10.7. The highest BCUT2D eigenvalue weighted by molar-refractivity contribution is 14.1. The van der Waals surface area contributed by atoms with E-state index in [-0.39, 0.29) is 10.6 Å². The van der Waals surface area contributed by atoms with Crippen LogP contribution in [0.25, 0.3) is 0 Å². The summed E-state index contributed by atoms with van der Waals surface area (Å²) in [4.78, 5) is 12.4. The standard InChI is InChI=1S/C11H15IN2O2/c1-3-4-7-13(2)9-5-6-11(14(15)16)10(12)8-9/h5-6,8H,3-4,7H2,1-2H3. The number of rotatable bonds is 5. The summed E-state index contributed by atoms with van der Waals surface area (Å²) in [5.41, 5.74) is 1.21. The molecule has 1 aromatic rings. The molecule has 0 fully saturated rings. The summed E-state index contributed by atoms with van der Waals surface area (Å²) in [5, 5.41) is 10.7. The van der Waals surface area contributed by atoms with Gasteiger partial charge in [0.2, 0.25) is 0 Å². The molecule has 0 saturated carbocycles. The molecule has 0 radical (unpaired) electrons. The van der Waals surface area contributed by atoms with Gasteiger partial charge in [-0.15, -0.1) is 0 Å². The normalized spacial score (nSPS) is 10.2. The van der Waals surface area contributed by atoms with Crippen LogP contribution in [0, 0.1) is 13.7 Å². The highest BCUT2D eigenvalue weighted by Gasteiger charge is 2.12. The second kappa shape index (κ2) is 6.03. The van der Waals surface area contributed by atoms with E-state index in [0.29, 0.717) is 3.57 Å². The Morgan fingerprint density at radius 3 is 2.69 bits per heavy atom. The quantitative estimate of drug-likeness (QED) is 0.471. The van der Waals surface area contributed by atoms with Crippen molar-refractivity contribution in [2.24, 2.45) is 0 Å². The van der Waals surface area contributed by atoms with Gasteiger partial charge in [0.25, 0.3) is 5.69 Å². The Hall–Kier alpha value is -0.850. The number of hydrogen-bond donors (Lipinski definition) is 0. The first kappa shape index (κ1) is 13.2. The topological polar surface area (TPSA) is 46.4 Å². The zero-order chi connectivity index (χ0) is 12.1. The highest BCUT2D eigenvalue weighted by atomic mass is 127. The average Bonchev–Trinajstić information content (AvgIpc) is 2.25. The van der Waals surface area contributed by atoms with Crippen LogP contribution >= 0.6 is 22.6 Å². The molecule has 0 aliphatic carbocycles. The summed E-state index contributed by atoms with van der Waals surface area (Å²) >= 11 is 2.00. The van der Waals surface area contributed by atoms with Crippen LogP contribution in [0.2, 0.25) is 0 Å². The molecule has 0 aliphatic rings. The lowest BCUT2D eigenvalue weighted by Crippen LogP contribution is -2.18. The number of nitro benzene ring substituents is 1. The molecule has 1 rings (SSSR count). The minimum atomic E-state index is -0.350. The third kappa shape index (κ3) is 3.33. The van der Waals surface area contributed by atoms with E-state index >= 15 is 0 Å². The minimum Gasteiger partial charge on any atom is -0.375 e. The monoisotopic (exact) mass is 334 g/mol. The van der Waals surface area contributed by atoms with E-state index in [1.807, 2.05) is 35.7 Å². The third-order valence-corrected chi connectivity index (χ3v) is 3.28. The number of unbranched alkanes of at least 4 members (excludes halogenated alkanes) is 1. The second-order valence-corrected chi connectivity index (χ2v) is 4.83. The molecule has 88 valence electrons. The summed E-state index contributed by atoms with van der Waals surface area (Å²) in [6, 6.07) is 5.23. The Kier molecular flexibility index (Phi) is 4.98. The van der Waals surface area contributed by atoms with Gasteiger partial charge in [0, 0.05) is 25.3 Å². The molecule has 4 nitrogen and oxygen atoms in total. The van der Waals surface area contributed by atoms with E-state index in [9.17, 15) is 10.1 Å². The molecule has 1 aromatic carbocycles. The summed E-state index contributed by atoms with van der Waals surface area (Å²) in [6.07, 6.45) is 2.28. The molecule has 0 bridgehead atoms. The van der Waals surface area contributed by atoms with Gasteiger partial charge in [-0.25, -0.2) is 0 Å². The molecule has 0 atom stereocenters. The van der Waals surface area contributed by atoms with Crippen molar-refractivity contribution < 1.29 is 4.92 Å². The molecule has 0 unspecified atom stereocenters. The van der Waals surface area contributed by atoms with Crippen LogP contribution in [0.4, 0.5) is 11.4 Å². The van der Waals surface area contributed by atoms with Gasteiger partial charge in [0.05, 0.1) is 8.49 Å². The van der Waals surface area contributed by atoms with Gasteiger partial charge in [-0.1, -0.05) is 13.3 Å². The Morgan fingerprint density at radius 1 is 1.50 bits per heavy atom. The van der Waals surface area contributed by atoms with Crippen molar-refractivity contribution in [1.82, 2.24) is 0 Å². The van der Waals surface area contributed by atoms with Crippen LogP contribution < -0.4 is 4.90 Å². The van der Waals surface area contributed by atoms with Crippen LogP contribution in [-0.2, 0) is 0 Å². The van der Waals surface area contributed by atoms with Gasteiger partial charge in [0.1, 0.15) is 0 Å². The lowest BCUT2D eigenvalue weighted by atomic mass is 10.2. The van der Waals surface area contributed by atoms with Crippen molar-refractivity contribution in [3.8, 4) is 0 Å². The molecule has 0 aromatic heterocycles. The van der Waals surface area contributed by atoms with Crippen LogP contribution in [0.15, 0.2) is 18.2 Å². The van der Waals surface area contributed by atoms with Crippen molar-refractivity contribution >= 4 is 34.0 Å². The van der Waals surface area contributed by atoms with E-state index < -0.39 is 0 Å². The van der Waals surface area contributed by atoms with Crippen molar-refractivity contribution in [3.63, 3.8) is 0 Å². The fourth-order valence-corrected chi connectivity index (χ4v) is 2.10. The molecular weight excluding hydrogens is 319 g/mol. The first-order chi connectivity index (χ1) is 7.56. The molecule has 16 heavy (non-hydrogen) atoms. The molecule has 0 saturated heterocycles. The van der Waals surface area contributed by atoms with Crippen molar-refractivity contribution in [2.75, 3.05) is 18.5 Å². The largest absolute Gasteiger partial charge is 0.375 e. The molecule has 0 N–H and O–H groups in total. The number of hydrogen-bond acceptors (Lipinski definition) is 3. The van der Waals surface area contributed by atoms with E-state index in [1.165, 1.54) is 0 Å². The van der Waals surface area contributed by atoms with Crippen LogP contribution in [0.3, 0.4) is 0 Å². The van der Waals surface area contributed by atoms with Crippen LogP contribution in [-0.4, -0.2) is 18.5 Å². The van der Waals surface area contributed by atoms with Gasteiger partial charge in [-0.2, -0.15) is 0 Å². The van der Waals surface area contributed by atoms with E-state index in [0.717, 1.165) is 25.1 Å². The van der Waals surface area contributed by atoms with E-state index in [4.69, 9.17) is 0 Å². The van der Waals surface area contributed by atoms with E-state index in [1.54, 1.807) is 12.1 Å². The van der Waals surface area contributed by atoms with Gasteiger partial charge in [-0.05, 0) is 41.1 Å². The summed E-state index contributed by atoms with van der Waals surface area (Å²) in [5.74, 6) is 0. The maximum Gasteiger partial charge on any atom is 0.282 e. The predicted octanol–water partition coefficient (Wildman–Crippen LogP) is 3.44. The van der Waals surface area contributed by atoms with Gasteiger partial charge in [-0.3, -0.25) is 10.1 Å². The average molecular weight is 334 g/mol. The number of benzene rings is 1. The first-order valence-electron chi connectivity index (χ1n) is 5.21. The molecular formula is C11H15IN2O2. The van der Waals surface area contributed by atoms with Crippen LogP contribution in [0.1, 0.15) is 19.8 Å². The fourth-order valence-electron chi connectivity index (χ4n) is 1.41. The van der Waals surface area contributed by atoms with E-state index in [2.05, 4.69) is 11.8 Å². The lowest BCUT2D eigenvalue weighted by molar-refractivity contribution is -0.385. The summed E-state index contributed by atoms with van der Waals surface area (Å²) in [7, 11) is 2.01. The number of anilines is 1. The Morgan fingerprint density at radius 2 is 2.19 bits per heavy atom. The minimum absolute atomic E-state index is 0.174. The van der Waals surface area contributed by atoms with Crippen molar-refractivity contribution in [3.05, 3.63) is 31.9 Å². The van der Waals surface area contributed by atoms with Crippen molar-refractivity contribution in [2.45, 2.75) is 19.8 Å². The Bertz CT molecular complexity index is 382. The van der Waals surface area contributed by atoms with Crippen LogP contribution in [0.5, 0.6) is 0 Å². The third-order valence-electron chi connectivity index (χ3n) is 2.42. The highest BCUT2D eigenvalue weighted by Crippen LogP contribution is 2.25. The molecule has 0 amide bonds. The summed E-state index contributed by atoms with van der Waals surface area (Å²) < 4.78 is 0.684. The van der Waals surface area contributed by atoms with Gasteiger partial charge >= 0.3 is 0 Å².